The summed E-state index contributed by atoms with van der Waals surface area (Å²) in [7, 11) is 0. The Kier molecular flexibility index (Phi) is 11.1. The maximum Gasteiger partial charge on any atom is 0.123 e. The van der Waals surface area contributed by atoms with Gasteiger partial charge in [0.05, 0.1) is 0 Å². The summed E-state index contributed by atoms with van der Waals surface area (Å²) in [5.74, 6) is 0.416. The molecule has 2 nitrogen and oxygen atoms in total. The van der Waals surface area contributed by atoms with Crippen molar-refractivity contribution in [1.82, 2.24) is 10.6 Å². The van der Waals surface area contributed by atoms with Crippen LogP contribution in [0.3, 0.4) is 0 Å². The van der Waals surface area contributed by atoms with E-state index in [0.29, 0.717) is 18.0 Å². The highest BCUT2D eigenvalue weighted by Crippen LogP contribution is 2.20. The van der Waals surface area contributed by atoms with Gasteiger partial charge in [-0.1, -0.05) is 63.1 Å². The molecule has 2 unspecified atom stereocenters. The van der Waals surface area contributed by atoms with E-state index in [-0.39, 0.29) is 30.6 Å². The van der Waals surface area contributed by atoms with Crippen molar-refractivity contribution in [3.8, 4) is 0 Å². The van der Waals surface area contributed by atoms with Gasteiger partial charge in [-0.05, 0) is 47.6 Å². The number of nitrogens with one attached hydrogen (secondary N) is 2. The highest BCUT2D eigenvalue weighted by molar-refractivity contribution is 5.85. The van der Waals surface area contributed by atoms with E-state index in [2.05, 4.69) is 48.7 Å². The molecule has 156 valence electrons. The van der Waals surface area contributed by atoms with Gasteiger partial charge < -0.3 is 10.6 Å². The molecule has 2 atom stereocenters. The minimum atomic E-state index is -0.160. The van der Waals surface area contributed by atoms with E-state index in [9.17, 15) is 4.39 Å². The predicted octanol–water partition coefficient (Wildman–Crippen LogP) is 5.98. The number of rotatable bonds is 7. The van der Waals surface area contributed by atoms with Crippen LogP contribution in [0.1, 0.15) is 62.1 Å². The molecule has 0 amide bonds. The maximum absolute atomic E-state index is 13.4. The van der Waals surface area contributed by atoms with Crippen LogP contribution in [0.15, 0.2) is 48.5 Å². The summed E-state index contributed by atoms with van der Waals surface area (Å²) in [6, 6.07) is 16.8. The SMILES string of the molecule is CC(C)c1ccc(CNC2CCCCC2NCc2cccc(F)c2)cc1.Cl.Cl. The van der Waals surface area contributed by atoms with Crippen LogP contribution in [-0.4, -0.2) is 12.1 Å². The van der Waals surface area contributed by atoms with Crippen molar-refractivity contribution in [3.63, 3.8) is 0 Å². The van der Waals surface area contributed by atoms with Crippen LogP contribution in [0.25, 0.3) is 0 Å². The zero-order valence-electron chi connectivity index (χ0n) is 16.8. The van der Waals surface area contributed by atoms with Crippen LogP contribution in [-0.2, 0) is 13.1 Å². The predicted molar refractivity (Wildman–Crippen MR) is 121 cm³/mol. The largest absolute Gasteiger partial charge is 0.308 e. The van der Waals surface area contributed by atoms with Crippen LogP contribution in [0.4, 0.5) is 4.39 Å². The van der Waals surface area contributed by atoms with Crippen molar-refractivity contribution >= 4 is 24.8 Å². The van der Waals surface area contributed by atoms with Crippen LogP contribution < -0.4 is 10.6 Å². The van der Waals surface area contributed by atoms with E-state index >= 15 is 0 Å². The first-order chi connectivity index (χ1) is 12.6. The van der Waals surface area contributed by atoms with E-state index in [0.717, 1.165) is 18.7 Å². The highest BCUT2D eigenvalue weighted by Gasteiger charge is 2.24. The van der Waals surface area contributed by atoms with Gasteiger partial charge in [0.2, 0.25) is 0 Å². The molecule has 1 aliphatic rings. The van der Waals surface area contributed by atoms with E-state index in [4.69, 9.17) is 0 Å². The summed E-state index contributed by atoms with van der Waals surface area (Å²) in [6.45, 7) is 6.08. The third-order valence-corrected chi connectivity index (χ3v) is 5.44. The number of hydrogen-bond donors (Lipinski definition) is 2. The van der Waals surface area contributed by atoms with Crippen LogP contribution in [0, 0.1) is 5.82 Å². The Morgan fingerprint density at radius 3 is 1.96 bits per heavy atom. The van der Waals surface area contributed by atoms with Gasteiger partial charge in [0.15, 0.2) is 0 Å². The lowest BCUT2D eigenvalue weighted by Gasteiger charge is -2.33. The summed E-state index contributed by atoms with van der Waals surface area (Å²) in [4.78, 5) is 0. The number of hydrogen-bond acceptors (Lipinski definition) is 2. The summed E-state index contributed by atoms with van der Waals surface area (Å²) in [6.07, 6.45) is 4.92. The molecule has 0 saturated heterocycles. The lowest BCUT2D eigenvalue weighted by Crippen LogP contribution is -2.49. The lowest BCUT2D eigenvalue weighted by molar-refractivity contribution is 0.281. The maximum atomic E-state index is 13.4. The first-order valence-corrected chi connectivity index (χ1v) is 9.92. The van der Waals surface area contributed by atoms with Gasteiger partial charge in [-0.25, -0.2) is 4.39 Å². The monoisotopic (exact) mass is 426 g/mol. The summed E-state index contributed by atoms with van der Waals surface area (Å²) >= 11 is 0. The molecule has 0 bridgehead atoms. The minimum Gasteiger partial charge on any atom is -0.308 e. The van der Waals surface area contributed by atoms with Gasteiger partial charge in [0.25, 0.3) is 0 Å². The molecule has 0 spiro atoms. The number of halogens is 3. The molecule has 0 heterocycles. The Hall–Kier alpha value is -1.13. The molecule has 2 N–H and O–H groups in total. The quantitative estimate of drug-likeness (QED) is 0.568. The normalized spacial score (nSPS) is 19.0. The Bertz CT molecular complexity index is 691. The van der Waals surface area contributed by atoms with Gasteiger partial charge in [0, 0.05) is 25.2 Å². The van der Waals surface area contributed by atoms with E-state index < -0.39 is 0 Å². The molecule has 2 aromatic rings. The van der Waals surface area contributed by atoms with Gasteiger partial charge >= 0.3 is 0 Å². The molecule has 0 radical (unpaired) electrons. The van der Waals surface area contributed by atoms with E-state index in [1.165, 1.54) is 42.9 Å². The average Bonchev–Trinajstić information content (AvgIpc) is 2.66. The summed E-state index contributed by atoms with van der Waals surface area (Å²) in [5.41, 5.74) is 3.74. The molecule has 0 aromatic heterocycles. The second-order valence-corrected chi connectivity index (χ2v) is 7.79. The molecule has 0 aliphatic heterocycles. The van der Waals surface area contributed by atoms with Crippen molar-refractivity contribution in [2.24, 2.45) is 0 Å². The van der Waals surface area contributed by atoms with Crippen molar-refractivity contribution in [2.45, 2.75) is 70.6 Å². The molecule has 3 rings (SSSR count). The Balaban J connectivity index is 0.00000196. The molecule has 28 heavy (non-hydrogen) atoms. The van der Waals surface area contributed by atoms with Crippen molar-refractivity contribution in [3.05, 3.63) is 71.0 Å². The first kappa shape index (κ1) is 24.9. The first-order valence-electron chi connectivity index (χ1n) is 9.92. The van der Waals surface area contributed by atoms with Gasteiger partial charge in [-0.2, -0.15) is 0 Å². The van der Waals surface area contributed by atoms with Crippen molar-refractivity contribution in [1.29, 1.82) is 0 Å². The summed E-state index contributed by atoms with van der Waals surface area (Å²) in [5, 5.41) is 7.39. The minimum absolute atomic E-state index is 0. The molecular formula is C23H33Cl2FN2. The lowest BCUT2D eigenvalue weighted by atomic mass is 9.90. The van der Waals surface area contributed by atoms with Crippen LogP contribution in [0.2, 0.25) is 0 Å². The topological polar surface area (TPSA) is 24.1 Å². The van der Waals surface area contributed by atoms with Crippen LogP contribution >= 0.6 is 24.8 Å². The smallest absolute Gasteiger partial charge is 0.123 e. The summed E-state index contributed by atoms with van der Waals surface area (Å²) < 4.78 is 13.4. The fourth-order valence-electron chi connectivity index (χ4n) is 3.78. The Morgan fingerprint density at radius 1 is 0.857 bits per heavy atom. The zero-order chi connectivity index (χ0) is 18.4. The van der Waals surface area contributed by atoms with Crippen molar-refractivity contribution < 1.29 is 4.39 Å². The fourth-order valence-corrected chi connectivity index (χ4v) is 3.78. The fraction of sp³-hybridized carbons (Fsp3) is 0.478. The molecule has 5 heteroatoms. The van der Waals surface area contributed by atoms with Gasteiger partial charge in [-0.15, -0.1) is 24.8 Å². The second kappa shape index (κ2) is 12.4. The average molecular weight is 427 g/mol. The van der Waals surface area contributed by atoms with Crippen molar-refractivity contribution in [2.75, 3.05) is 0 Å². The molecule has 1 aliphatic carbocycles. The molecule has 1 saturated carbocycles. The Morgan fingerprint density at radius 2 is 1.43 bits per heavy atom. The molecule has 2 aromatic carbocycles. The standard InChI is InChI=1S/C23H31FN2.2ClH/c1-17(2)20-12-10-18(11-13-20)15-25-22-8-3-4-9-23(22)26-16-19-6-5-7-21(24)14-19;;/h5-7,10-14,17,22-23,25-26H,3-4,8-9,15-16H2,1-2H3;2*1H. The Labute approximate surface area is 181 Å². The molecular weight excluding hydrogens is 394 g/mol. The number of benzene rings is 2. The zero-order valence-corrected chi connectivity index (χ0v) is 18.4. The van der Waals surface area contributed by atoms with Crippen LogP contribution in [0.5, 0.6) is 0 Å². The third-order valence-electron chi connectivity index (χ3n) is 5.44. The van der Waals surface area contributed by atoms with E-state index in [1.54, 1.807) is 12.1 Å². The highest BCUT2D eigenvalue weighted by atomic mass is 35.5. The van der Waals surface area contributed by atoms with E-state index in [1.807, 2.05) is 6.07 Å². The second-order valence-electron chi connectivity index (χ2n) is 7.79. The van der Waals surface area contributed by atoms with Gasteiger partial charge in [0.1, 0.15) is 5.82 Å². The van der Waals surface area contributed by atoms with Gasteiger partial charge in [-0.3, -0.25) is 0 Å². The molecule has 1 fully saturated rings. The third kappa shape index (κ3) is 7.36.